The number of carbonyl (C=O) groups excluding carboxylic acids is 1. The van der Waals surface area contributed by atoms with Crippen LogP contribution in [0.3, 0.4) is 0 Å². The molecule has 0 aromatic carbocycles. The van der Waals surface area contributed by atoms with Gasteiger partial charge < -0.3 is 9.88 Å². The Hall–Kier alpha value is -1.56. The second-order valence-corrected chi connectivity index (χ2v) is 4.44. The van der Waals surface area contributed by atoms with Gasteiger partial charge in [-0.2, -0.15) is 5.10 Å². The van der Waals surface area contributed by atoms with Crippen LogP contribution < -0.4 is 5.32 Å². The number of amides is 1. The molecule has 0 saturated heterocycles. The third-order valence-corrected chi connectivity index (χ3v) is 3.04. The van der Waals surface area contributed by atoms with Crippen LogP contribution in [-0.2, 0) is 24.3 Å². The Morgan fingerprint density at radius 1 is 1.50 bits per heavy atom. The highest BCUT2D eigenvalue weighted by Gasteiger charge is 2.16. The number of aromatic nitrogens is 4. The predicted octanol–water partition coefficient (Wildman–Crippen LogP) is 0.953. The summed E-state index contributed by atoms with van der Waals surface area (Å²) >= 11 is 5.91. The number of hydrogen-bond donors (Lipinski definition) is 1. The maximum Gasteiger partial charge on any atom is 0.216 e. The van der Waals surface area contributed by atoms with Crippen molar-refractivity contribution in [3.63, 3.8) is 0 Å². The lowest BCUT2D eigenvalue weighted by Gasteiger charge is -2.08. The number of hydrogen-bond acceptors (Lipinski definition) is 3. The topological polar surface area (TPSA) is 64.7 Å². The summed E-state index contributed by atoms with van der Waals surface area (Å²) in [5, 5.41) is 7.10. The number of halogens is 1. The van der Waals surface area contributed by atoms with Gasteiger partial charge in [0.2, 0.25) is 5.91 Å². The van der Waals surface area contributed by atoms with Crippen molar-refractivity contribution in [3.8, 4) is 0 Å². The molecule has 7 heteroatoms. The molecule has 98 valence electrons. The molecule has 6 nitrogen and oxygen atoms in total. The normalized spacial score (nSPS) is 11.1. The average molecular weight is 270 g/mol. The maximum atomic E-state index is 10.9. The fourth-order valence-corrected chi connectivity index (χ4v) is 2.26. The van der Waals surface area contributed by atoms with Crippen LogP contribution in [0, 0.1) is 6.92 Å². The molecule has 0 unspecified atom stereocenters. The van der Waals surface area contributed by atoms with Gasteiger partial charge in [0, 0.05) is 27.1 Å². The Bertz CT molecular complexity index is 586. The first-order chi connectivity index (χ1) is 8.54. The van der Waals surface area contributed by atoms with Crippen molar-refractivity contribution in [2.45, 2.75) is 26.3 Å². The van der Waals surface area contributed by atoms with E-state index < -0.39 is 0 Å². The Kier molecular flexibility index (Phi) is 3.56. The van der Waals surface area contributed by atoms with Crippen molar-refractivity contribution in [2.24, 2.45) is 7.05 Å². The first-order valence-electron chi connectivity index (χ1n) is 5.73. The van der Waals surface area contributed by atoms with Gasteiger partial charge in [-0.25, -0.2) is 4.98 Å². The lowest BCUT2D eigenvalue weighted by molar-refractivity contribution is -0.118. The molecule has 0 saturated carbocycles. The monoisotopic (exact) mass is 269 g/mol. The van der Waals surface area contributed by atoms with E-state index in [9.17, 15) is 4.79 Å². The number of nitrogens with one attached hydrogen (secondary N) is 1. The number of fused-ring (bicyclic) bond motifs is 1. The van der Waals surface area contributed by atoms with Gasteiger partial charge in [-0.1, -0.05) is 0 Å². The lowest BCUT2D eigenvalue weighted by atomic mass is 10.4. The minimum atomic E-state index is -0.0417. The number of nitrogens with zero attached hydrogens (tertiary/aromatic N) is 4. The Balaban J connectivity index is 2.36. The Labute approximate surface area is 110 Å². The van der Waals surface area contributed by atoms with Gasteiger partial charge in [-0.3, -0.25) is 9.48 Å². The third-order valence-electron chi connectivity index (χ3n) is 2.80. The SMILES string of the molecule is CC(=O)NCCn1c(CCl)nc2c(C)nn(C)c21. The van der Waals surface area contributed by atoms with Crippen LogP contribution in [-0.4, -0.2) is 31.8 Å². The van der Waals surface area contributed by atoms with Crippen molar-refractivity contribution in [1.29, 1.82) is 0 Å². The summed E-state index contributed by atoms with van der Waals surface area (Å²) in [5.41, 5.74) is 2.70. The molecule has 0 atom stereocenters. The first kappa shape index (κ1) is 12.9. The van der Waals surface area contributed by atoms with E-state index in [1.807, 2.05) is 18.5 Å². The second-order valence-electron chi connectivity index (χ2n) is 4.18. The third kappa shape index (κ3) is 2.20. The summed E-state index contributed by atoms with van der Waals surface area (Å²) in [4.78, 5) is 15.4. The molecular weight excluding hydrogens is 254 g/mol. The van der Waals surface area contributed by atoms with E-state index in [4.69, 9.17) is 11.6 Å². The minimum absolute atomic E-state index is 0.0417. The summed E-state index contributed by atoms with van der Waals surface area (Å²) in [6.45, 7) is 4.61. The highest BCUT2D eigenvalue weighted by molar-refractivity contribution is 6.16. The molecule has 0 spiro atoms. The molecule has 18 heavy (non-hydrogen) atoms. The van der Waals surface area contributed by atoms with E-state index in [0.717, 1.165) is 22.7 Å². The van der Waals surface area contributed by atoms with Crippen molar-refractivity contribution in [1.82, 2.24) is 24.6 Å². The van der Waals surface area contributed by atoms with Crippen LogP contribution in [0.5, 0.6) is 0 Å². The quantitative estimate of drug-likeness (QED) is 0.841. The summed E-state index contributed by atoms with van der Waals surface area (Å²) < 4.78 is 3.79. The van der Waals surface area contributed by atoms with Gasteiger partial charge >= 0.3 is 0 Å². The van der Waals surface area contributed by atoms with Gasteiger partial charge in [0.25, 0.3) is 0 Å². The Morgan fingerprint density at radius 3 is 2.83 bits per heavy atom. The zero-order valence-corrected chi connectivity index (χ0v) is 11.5. The zero-order chi connectivity index (χ0) is 13.3. The molecule has 0 fully saturated rings. The van der Waals surface area contributed by atoms with Gasteiger partial charge in [0.05, 0.1) is 11.6 Å². The summed E-state index contributed by atoms with van der Waals surface area (Å²) in [6.07, 6.45) is 0. The summed E-state index contributed by atoms with van der Waals surface area (Å²) in [7, 11) is 1.88. The average Bonchev–Trinajstić information content (AvgIpc) is 2.79. The lowest BCUT2D eigenvalue weighted by Crippen LogP contribution is -2.25. The molecule has 2 rings (SSSR count). The number of carbonyl (C=O) groups is 1. The Morgan fingerprint density at radius 2 is 2.22 bits per heavy atom. The fourth-order valence-electron chi connectivity index (χ4n) is 2.06. The fraction of sp³-hybridized carbons (Fsp3) is 0.545. The van der Waals surface area contributed by atoms with Crippen LogP contribution in [0.1, 0.15) is 18.4 Å². The number of alkyl halides is 1. The van der Waals surface area contributed by atoms with E-state index in [2.05, 4.69) is 15.4 Å². The highest BCUT2D eigenvalue weighted by Crippen LogP contribution is 2.19. The van der Waals surface area contributed by atoms with Crippen molar-refractivity contribution >= 4 is 28.7 Å². The van der Waals surface area contributed by atoms with E-state index in [-0.39, 0.29) is 5.91 Å². The van der Waals surface area contributed by atoms with Gasteiger partial charge in [-0.05, 0) is 6.92 Å². The predicted molar refractivity (Wildman–Crippen MR) is 69.5 cm³/mol. The van der Waals surface area contributed by atoms with Gasteiger partial charge in [0.1, 0.15) is 11.3 Å². The smallest absolute Gasteiger partial charge is 0.216 e. The van der Waals surface area contributed by atoms with Crippen LogP contribution >= 0.6 is 11.6 Å². The van der Waals surface area contributed by atoms with Crippen LogP contribution in [0.2, 0.25) is 0 Å². The van der Waals surface area contributed by atoms with Gasteiger partial charge in [-0.15, -0.1) is 11.6 Å². The largest absolute Gasteiger partial charge is 0.355 e. The van der Waals surface area contributed by atoms with Crippen LogP contribution in [0.4, 0.5) is 0 Å². The maximum absolute atomic E-state index is 10.9. The van der Waals surface area contributed by atoms with Crippen LogP contribution in [0.25, 0.3) is 11.2 Å². The van der Waals surface area contributed by atoms with Crippen molar-refractivity contribution < 1.29 is 4.79 Å². The standard InChI is InChI=1S/C11H16ClN5O/c1-7-10-11(16(3)15-7)17(9(6-12)14-10)5-4-13-8(2)18/h4-6H2,1-3H3,(H,13,18). The van der Waals surface area contributed by atoms with Crippen molar-refractivity contribution in [2.75, 3.05) is 6.54 Å². The molecule has 2 aromatic heterocycles. The number of imidazole rings is 1. The van der Waals surface area contributed by atoms with E-state index in [0.29, 0.717) is 19.0 Å². The molecule has 1 amide bonds. The van der Waals surface area contributed by atoms with E-state index >= 15 is 0 Å². The molecule has 0 aliphatic rings. The number of rotatable bonds is 4. The molecule has 1 N–H and O–H groups in total. The van der Waals surface area contributed by atoms with Crippen LogP contribution in [0.15, 0.2) is 0 Å². The van der Waals surface area contributed by atoms with Crippen molar-refractivity contribution in [3.05, 3.63) is 11.5 Å². The second kappa shape index (κ2) is 4.97. The highest BCUT2D eigenvalue weighted by atomic mass is 35.5. The van der Waals surface area contributed by atoms with E-state index in [1.54, 1.807) is 4.68 Å². The molecule has 2 aromatic rings. The summed E-state index contributed by atoms with van der Waals surface area (Å²) in [5.74, 6) is 1.10. The summed E-state index contributed by atoms with van der Waals surface area (Å²) in [6, 6.07) is 0. The molecule has 0 aliphatic carbocycles. The first-order valence-corrected chi connectivity index (χ1v) is 6.27. The molecular formula is C11H16ClN5O. The van der Waals surface area contributed by atoms with E-state index in [1.165, 1.54) is 6.92 Å². The minimum Gasteiger partial charge on any atom is -0.355 e. The number of aryl methyl sites for hydroxylation is 2. The molecule has 0 aliphatic heterocycles. The molecule has 2 heterocycles. The molecule has 0 radical (unpaired) electrons. The molecule has 0 bridgehead atoms. The van der Waals surface area contributed by atoms with Gasteiger partial charge in [0.15, 0.2) is 5.65 Å². The zero-order valence-electron chi connectivity index (χ0n) is 10.7.